The monoisotopic (exact) mass is 489 g/mol. The lowest BCUT2D eigenvalue weighted by molar-refractivity contribution is 0.136. The van der Waals surface area contributed by atoms with Crippen molar-refractivity contribution in [2.45, 2.75) is 39.7 Å². The second-order valence-corrected chi connectivity index (χ2v) is 9.39. The molecule has 1 aromatic carbocycles. The summed E-state index contributed by atoms with van der Waals surface area (Å²) in [5.74, 6) is 0.586. The molecule has 0 saturated carbocycles. The molecule has 174 valence electrons. The zero-order valence-electron chi connectivity index (χ0n) is 18.8. The van der Waals surface area contributed by atoms with E-state index in [1.165, 1.54) is 9.47 Å². The van der Waals surface area contributed by atoms with Gasteiger partial charge in [-0.2, -0.15) is 4.98 Å². The Hall–Kier alpha value is -2.84. The van der Waals surface area contributed by atoms with Gasteiger partial charge >= 0.3 is 11.8 Å². The van der Waals surface area contributed by atoms with Crippen molar-refractivity contribution in [2.75, 3.05) is 24.5 Å². The number of nitrogens with zero attached hydrogens (tertiary/aromatic N) is 5. The van der Waals surface area contributed by atoms with Gasteiger partial charge in [0.15, 0.2) is 5.65 Å². The van der Waals surface area contributed by atoms with E-state index in [-0.39, 0.29) is 22.1 Å². The average Bonchev–Trinajstić information content (AvgIpc) is 2.75. The normalized spacial score (nSPS) is 16.6. The molecule has 1 aliphatic heterocycles. The van der Waals surface area contributed by atoms with Crippen LogP contribution in [-0.2, 0) is 0 Å². The Morgan fingerprint density at radius 2 is 1.94 bits per heavy atom. The van der Waals surface area contributed by atoms with Gasteiger partial charge < -0.3 is 14.9 Å². The van der Waals surface area contributed by atoms with Crippen LogP contribution in [0.5, 0.6) is 0 Å². The van der Waals surface area contributed by atoms with E-state index in [1.807, 2.05) is 36.9 Å². The molecule has 1 fully saturated rings. The van der Waals surface area contributed by atoms with Crippen molar-refractivity contribution in [2.24, 2.45) is 0 Å². The maximum absolute atomic E-state index is 13.5. The fourth-order valence-corrected chi connectivity index (χ4v) is 4.69. The molecule has 0 bridgehead atoms. The van der Waals surface area contributed by atoms with Crippen molar-refractivity contribution in [3.05, 3.63) is 56.1 Å². The number of halogens is 2. The van der Waals surface area contributed by atoms with E-state index < -0.39 is 11.8 Å². The Morgan fingerprint density at radius 1 is 1.21 bits per heavy atom. The number of hydrogen-bond acceptors (Lipinski definition) is 5. The largest absolute Gasteiger partial charge is 0.465 e. The average molecular weight is 490 g/mol. The molecule has 1 aliphatic rings. The molecule has 10 heteroatoms. The third kappa shape index (κ3) is 4.13. The summed E-state index contributed by atoms with van der Waals surface area (Å²) >= 11 is 12.6. The number of fused-ring (bicyclic) bond motifs is 1. The molecule has 3 aromatic rings. The van der Waals surface area contributed by atoms with Crippen LogP contribution < -0.4 is 10.6 Å². The summed E-state index contributed by atoms with van der Waals surface area (Å²) < 4.78 is 1.50. The number of anilines is 1. The summed E-state index contributed by atoms with van der Waals surface area (Å²) in [7, 11) is 0. The molecule has 1 saturated heterocycles. The maximum atomic E-state index is 13.5. The fourth-order valence-electron chi connectivity index (χ4n) is 4.40. The van der Waals surface area contributed by atoms with E-state index in [1.54, 1.807) is 6.07 Å². The summed E-state index contributed by atoms with van der Waals surface area (Å²) in [4.78, 5) is 37.2. The molecule has 8 nitrogen and oxygen atoms in total. The molecule has 33 heavy (non-hydrogen) atoms. The summed E-state index contributed by atoms with van der Waals surface area (Å²) in [5.41, 5.74) is 2.52. The number of para-hydroxylation sites is 1. The van der Waals surface area contributed by atoms with E-state index in [4.69, 9.17) is 23.2 Å². The molecule has 0 aliphatic carbocycles. The number of benzene rings is 1. The Kier molecular flexibility index (Phi) is 6.24. The summed E-state index contributed by atoms with van der Waals surface area (Å²) in [6.07, 6.45) is -0.966. The van der Waals surface area contributed by atoms with Crippen molar-refractivity contribution < 1.29 is 9.90 Å². The summed E-state index contributed by atoms with van der Waals surface area (Å²) in [6, 6.07) is 7.38. The molecule has 0 radical (unpaired) electrons. The van der Waals surface area contributed by atoms with Crippen LogP contribution in [0.3, 0.4) is 0 Å². The van der Waals surface area contributed by atoms with Crippen molar-refractivity contribution in [1.82, 2.24) is 19.4 Å². The molecule has 4 rings (SSSR count). The van der Waals surface area contributed by atoms with Gasteiger partial charge in [-0.25, -0.2) is 19.1 Å². The molecule has 2 aromatic heterocycles. The minimum absolute atomic E-state index is 0.0953. The number of aryl methyl sites for hydroxylation is 1. The first-order valence-corrected chi connectivity index (χ1v) is 11.5. The molecule has 3 heterocycles. The first kappa shape index (κ1) is 23.3. The second kappa shape index (κ2) is 8.83. The zero-order chi connectivity index (χ0) is 24.0. The van der Waals surface area contributed by atoms with Gasteiger partial charge in [0.25, 0.3) is 0 Å². The Morgan fingerprint density at radius 3 is 2.58 bits per heavy atom. The first-order valence-electron chi connectivity index (χ1n) is 10.7. The maximum Gasteiger partial charge on any atom is 0.407 e. The van der Waals surface area contributed by atoms with Gasteiger partial charge in [-0.05, 0) is 37.0 Å². The minimum atomic E-state index is -0.966. The predicted octanol–water partition coefficient (Wildman–Crippen LogP) is 4.71. The Labute approximate surface area is 201 Å². The zero-order valence-corrected chi connectivity index (χ0v) is 20.4. The van der Waals surface area contributed by atoms with Crippen LogP contribution in [0.4, 0.5) is 10.6 Å². The van der Waals surface area contributed by atoms with Crippen molar-refractivity contribution in [1.29, 1.82) is 0 Å². The third-order valence-electron chi connectivity index (χ3n) is 6.04. The molecule has 1 N–H and O–H groups in total. The van der Waals surface area contributed by atoms with Gasteiger partial charge in [0.1, 0.15) is 11.0 Å². The van der Waals surface area contributed by atoms with E-state index in [2.05, 4.69) is 23.8 Å². The minimum Gasteiger partial charge on any atom is -0.465 e. The number of carbonyl (C=O) groups is 1. The lowest BCUT2D eigenvalue weighted by atomic mass is 9.98. The van der Waals surface area contributed by atoms with Gasteiger partial charge in [0.2, 0.25) is 0 Å². The highest BCUT2D eigenvalue weighted by molar-refractivity contribution is 6.41. The molecule has 1 amide bonds. The SMILES string of the molecule is Cc1cccc(C(C)C)c1-n1c(=O)nc(N2CCN(C(=O)O)CC2C)c2cc(Cl)c(Cl)nc21. The van der Waals surface area contributed by atoms with Gasteiger partial charge in [-0.15, -0.1) is 0 Å². The van der Waals surface area contributed by atoms with Crippen LogP contribution >= 0.6 is 23.2 Å². The van der Waals surface area contributed by atoms with Gasteiger partial charge in [-0.3, -0.25) is 0 Å². The highest BCUT2D eigenvalue weighted by Crippen LogP contribution is 2.34. The molecule has 1 unspecified atom stereocenters. The number of rotatable bonds is 3. The number of carboxylic acid groups (broad SMARTS) is 1. The van der Waals surface area contributed by atoms with Crippen molar-refractivity contribution in [3.63, 3.8) is 0 Å². The highest BCUT2D eigenvalue weighted by Gasteiger charge is 2.30. The molecular formula is C23H25Cl2N5O3. The van der Waals surface area contributed by atoms with Crippen molar-refractivity contribution in [3.8, 4) is 5.69 Å². The second-order valence-electron chi connectivity index (χ2n) is 8.62. The molecule has 1 atom stereocenters. The van der Waals surface area contributed by atoms with E-state index in [9.17, 15) is 14.7 Å². The van der Waals surface area contributed by atoms with Crippen LogP contribution in [0, 0.1) is 6.92 Å². The quantitative estimate of drug-likeness (QED) is 0.535. The number of aromatic nitrogens is 3. The van der Waals surface area contributed by atoms with Crippen LogP contribution in [0.1, 0.15) is 37.8 Å². The number of amides is 1. The van der Waals surface area contributed by atoms with E-state index in [0.29, 0.717) is 36.5 Å². The Balaban J connectivity index is 1.99. The van der Waals surface area contributed by atoms with Crippen LogP contribution in [0.2, 0.25) is 10.2 Å². The topological polar surface area (TPSA) is 91.6 Å². The van der Waals surface area contributed by atoms with Gasteiger partial charge in [0, 0.05) is 25.7 Å². The lowest BCUT2D eigenvalue weighted by Gasteiger charge is -2.39. The summed E-state index contributed by atoms with van der Waals surface area (Å²) in [6.45, 7) is 8.96. The fraction of sp³-hybridized carbons (Fsp3) is 0.391. The van der Waals surface area contributed by atoms with Crippen LogP contribution in [0.25, 0.3) is 16.7 Å². The predicted molar refractivity (Wildman–Crippen MR) is 130 cm³/mol. The highest BCUT2D eigenvalue weighted by atomic mass is 35.5. The van der Waals surface area contributed by atoms with Crippen molar-refractivity contribution >= 4 is 46.1 Å². The molecule has 0 spiro atoms. The number of piperazine rings is 1. The Bertz CT molecular complexity index is 1310. The number of pyridine rings is 1. The van der Waals surface area contributed by atoms with Crippen LogP contribution in [-0.4, -0.2) is 56.3 Å². The molecular weight excluding hydrogens is 465 g/mol. The van der Waals surface area contributed by atoms with E-state index in [0.717, 1.165) is 16.8 Å². The number of hydrogen-bond donors (Lipinski definition) is 1. The van der Waals surface area contributed by atoms with Gasteiger partial charge in [-0.1, -0.05) is 55.2 Å². The third-order valence-corrected chi connectivity index (χ3v) is 6.72. The lowest BCUT2D eigenvalue weighted by Crippen LogP contribution is -2.54. The van der Waals surface area contributed by atoms with Crippen LogP contribution in [0.15, 0.2) is 29.1 Å². The smallest absolute Gasteiger partial charge is 0.407 e. The standard InChI is InChI=1S/C23H25Cl2N5O3/c1-12(2)15-7-5-6-13(3)18(15)30-21-16(10-17(24)19(25)26-21)20(27-22(30)31)29-9-8-28(23(32)33)11-14(29)4/h5-7,10,12,14H,8-9,11H2,1-4H3,(H,32,33). The summed E-state index contributed by atoms with van der Waals surface area (Å²) in [5, 5.41) is 10.3. The first-order chi connectivity index (χ1) is 15.6. The van der Waals surface area contributed by atoms with E-state index >= 15 is 0 Å². The van der Waals surface area contributed by atoms with Gasteiger partial charge in [0.05, 0.1) is 16.1 Å².